The molecule has 0 aliphatic rings. The molecule has 2 aromatic rings. The van der Waals surface area contributed by atoms with E-state index in [2.05, 4.69) is 81.4 Å². The minimum Gasteiger partial charge on any atom is -0.487 e. The molecule has 3 unspecified atom stereocenters. The number of rotatable bonds is 13. The third-order valence-corrected chi connectivity index (χ3v) is 7.19. The lowest BCUT2D eigenvalue weighted by atomic mass is 9.72. The Morgan fingerprint density at radius 2 is 1.07 bits per heavy atom. The zero-order valence-electron chi connectivity index (χ0n) is 27.2. The van der Waals surface area contributed by atoms with E-state index in [-0.39, 0.29) is 28.3 Å². The van der Waals surface area contributed by atoms with Gasteiger partial charge in [0.05, 0.1) is 6.10 Å². The van der Waals surface area contributed by atoms with Crippen LogP contribution < -0.4 is 9.47 Å². The molecule has 0 amide bonds. The van der Waals surface area contributed by atoms with Gasteiger partial charge in [0.15, 0.2) is 12.7 Å². The molecule has 0 heterocycles. The summed E-state index contributed by atoms with van der Waals surface area (Å²) in [6.45, 7) is 26.0. The zero-order valence-corrected chi connectivity index (χ0v) is 27.2. The predicted octanol–water partition coefficient (Wildman–Crippen LogP) is 8.05. The van der Waals surface area contributed by atoms with Crippen LogP contribution in [0.15, 0.2) is 48.5 Å². The predicted molar refractivity (Wildman–Crippen MR) is 165 cm³/mol. The molecule has 2 N–H and O–H groups in total. The van der Waals surface area contributed by atoms with Crippen molar-refractivity contribution in [2.24, 2.45) is 10.8 Å². The number of hydrogen-bond acceptors (Lipinski definition) is 5. The van der Waals surface area contributed by atoms with Gasteiger partial charge in [-0.1, -0.05) is 93.5 Å². The third-order valence-electron chi connectivity index (χ3n) is 7.19. The molecule has 0 saturated heterocycles. The minimum atomic E-state index is -1.92. The second kappa shape index (κ2) is 12.8. The highest BCUT2D eigenvalue weighted by molar-refractivity contribution is 5.33. The lowest BCUT2D eigenvalue weighted by molar-refractivity contribution is -0.253. The van der Waals surface area contributed by atoms with Gasteiger partial charge < -0.3 is 24.4 Å². The van der Waals surface area contributed by atoms with Gasteiger partial charge in [-0.05, 0) is 83.7 Å². The molecule has 0 aliphatic heterocycles. The molecule has 5 heteroatoms. The average molecular weight is 557 g/mol. The van der Waals surface area contributed by atoms with Crippen molar-refractivity contribution in [3.63, 3.8) is 0 Å². The zero-order chi connectivity index (χ0) is 30.6. The van der Waals surface area contributed by atoms with Crippen LogP contribution in [0.1, 0.15) is 107 Å². The van der Waals surface area contributed by atoms with Gasteiger partial charge >= 0.3 is 0 Å². The van der Waals surface area contributed by atoms with Gasteiger partial charge in [0, 0.05) is 6.61 Å². The molecule has 3 atom stereocenters. The Labute approximate surface area is 244 Å². The first-order valence-electron chi connectivity index (χ1n) is 14.7. The van der Waals surface area contributed by atoms with Crippen LogP contribution >= 0.6 is 0 Å². The highest BCUT2D eigenvalue weighted by Gasteiger charge is 2.44. The van der Waals surface area contributed by atoms with Gasteiger partial charge in [-0.2, -0.15) is 0 Å². The minimum absolute atomic E-state index is 0.0145. The lowest BCUT2D eigenvalue weighted by Gasteiger charge is -2.37. The molecule has 0 spiro atoms. The molecule has 2 rings (SSSR count). The van der Waals surface area contributed by atoms with E-state index >= 15 is 0 Å². The summed E-state index contributed by atoms with van der Waals surface area (Å²) in [5.74, 6) is -0.833. The standard InChI is InChI=1S/C35H56O5/c1-13-38-30(25(2)36)35(37,40-29-20-16-27(17-21-29)34(11,12)23-32(6,7)8)24-39-28-18-14-26(15-19-28)33(9,10)22-31(3,4)5/h14-21,25,30,36-37H,13,22-24H2,1-12H3. The molecule has 0 radical (unpaired) electrons. The number of aliphatic hydroxyl groups excluding tert-OH is 1. The molecule has 0 saturated carbocycles. The summed E-state index contributed by atoms with van der Waals surface area (Å²) >= 11 is 0. The summed E-state index contributed by atoms with van der Waals surface area (Å²) in [6.07, 6.45) is 0.0711. The summed E-state index contributed by atoms with van der Waals surface area (Å²) in [5.41, 5.74) is 2.83. The van der Waals surface area contributed by atoms with Crippen LogP contribution in [0.5, 0.6) is 11.5 Å². The van der Waals surface area contributed by atoms with Crippen molar-refractivity contribution in [1.29, 1.82) is 0 Å². The second-order valence-electron chi connectivity index (χ2n) is 15.1. The molecule has 2 aromatic carbocycles. The summed E-state index contributed by atoms with van der Waals surface area (Å²) < 4.78 is 18.0. The van der Waals surface area contributed by atoms with E-state index in [0.717, 1.165) is 12.8 Å². The van der Waals surface area contributed by atoms with Gasteiger partial charge in [-0.15, -0.1) is 0 Å². The molecular weight excluding hydrogens is 500 g/mol. The first-order valence-corrected chi connectivity index (χ1v) is 14.7. The van der Waals surface area contributed by atoms with Crippen molar-refractivity contribution in [2.75, 3.05) is 13.2 Å². The second-order valence-corrected chi connectivity index (χ2v) is 15.1. The SMILES string of the molecule is CCOC(C(C)O)C(O)(COc1ccc(C(C)(C)CC(C)(C)C)cc1)Oc1ccc(C(C)(C)CC(C)(C)C)cc1. The average Bonchev–Trinajstić information content (AvgIpc) is 2.78. The van der Waals surface area contributed by atoms with Crippen molar-refractivity contribution in [3.8, 4) is 11.5 Å². The number of hydrogen-bond donors (Lipinski definition) is 2. The Hall–Kier alpha value is -2.08. The van der Waals surface area contributed by atoms with Crippen molar-refractivity contribution in [2.45, 2.75) is 125 Å². The van der Waals surface area contributed by atoms with Crippen LogP contribution in [0.25, 0.3) is 0 Å². The number of benzene rings is 2. The summed E-state index contributed by atoms with van der Waals surface area (Å²) in [5, 5.41) is 22.3. The smallest absolute Gasteiger partial charge is 0.271 e. The van der Waals surface area contributed by atoms with E-state index in [1.165, 1.54) is 11.1 Å². The molecule has 226 valence electrons. The van der Waals surface area contributed by atoms with Gasteiger partial charge in [0.1, 0.15) is 11.5 Å². The van der Waals surface area contributed by atoms with Gasteiger partial charge in [-0.25, -0.2) is 0 Å². The fourth-order valence-corrected chi connectivity index (χ4v) is 6.22. The first kappa shape index (κ1) is 34.1. The normalized spacial score (nSPS) is 16.2. The fourth-order valence-electron chi connectivity index (χ4n) is 6.22. The molecule has 40 heavy (non-hydrogen) atoms. The highest BCUT2D eigenvalue weighted by atomic mass is 16.7. The Kier molecular flexibility index (Phi) is 10.9. The molecule has 0 aliphatic carbocycles. The Morgan fingerprint density at radius 3 is 1.43 bits per heavy atom. The van der Waals surface area contributed by atoms with E-state index in [4.69, 9.17) is 14.2 Å². The Balaban J connectivity index is 2.27. The molecular formula is C35H56O5. The van der Waals surface area contributed by atoms with Crippen LogP contribution in [0.2, 0.25) is 0 Å². The van der Waals surface area contributed by atoms with E-state index < -0.39 is 18.0 Å². The Bertz CT molecular complexity index is 1040. The topological polar surface area (TPSA) is 68.2 Å². The summed E-state index contributed by atoms with van der Waals surface area (Å²) in [6, 6.07) is 15.8. The number of aliphatic hydroxyl groups is 2. The van der Waals surface area contributed by atoms with E-state index in [1.807, 2.05) is 43.3 Å². The monoisotopic (exact) mass is 556 g/mol. The fraction of sp³-hybridized carbons (Fsp3) is 0.657. The lowest BCUT2D eigenvalue weighted by Crippen LogP contribution is -2.57. The van der Waals surface area contributed by atoms with Crippen molar-refractivity contribution >= 4 is 0 Å². The van der Waals surface area contributed by atoms with Crippen LogP contribution in [-0.2, 0) is 15.6 Å². The van der Waals surface area contributed by atoms with Gasteiger partial charge in [0.2, 0.25) is 0 Å². The van der Waals surface area contributed by atoms with Crippen LogP contribution in [-0.4, -0.2) is 41.4 Å². The van der Waals surface area contributed by atoms with Crippen molar-refractivity contribution in [3.05, 3.63) is 59.7 Å². The molecule has 0 aromatic heterocycles. The quantitative estimate of drug-likeness (QED) is 0.244. The van der Waals surface area contributed by atoms with E-state index in [0.29, 0.717) is 18.1 Å². The molecule has 5 nitrogen and oxygen atoms in total. The van der Waals surface area contributed by atoms with Gasteiger partial charge in [-0.3, -0.25) is 0 Å². The molecule has 0 bridgehead atoms. The summed E-state index contributed by atoms with van der Waals surface area (Å²) in [7, 11) is 0. The van der Waals surface area contributed by atoms with Crippen molar-refractivity contribution in [1.82, 2.24) is 0 Å². The van der Waals surface area contributed by atoms with Crippen LogP contribution in [0.4, 0.5) is 0 Å². The van der Waals surface area contributed by atoms with Gasteiger partial charge in [0.25, 0.3) is 5.79 Å². The maximum absolute atomic E-state index is 11.7. The van der Waals surface area contributed by atoms with Crippen molar-refractivity contribution < 1.29 is 24.4 Å². The maximum Gasteiger partial charge on any atom is 0.271 e. The first-order chi connectivity index (χ1) is 18.2. The third kappa shape index (κ3) is 10.1. The number of ether oxygens (including phenoxy) is 3. The molecule has 0 fully saturated rings. The summed E-state index contributed by atoms with van der Waals surface area (Å²) in [4.78, 5) is 0. The maximum atomic E-state index is 11.7. The van der Waals surface area contributed by atoms with Crippen LogP contribution in [0, 0.1) is 10.8 Å². The highest BCUT2D eigenvalue weighted by Crippen LogP contribution is 2.38. The van der Waals surface area contributed by atoms with Crippen LogP contribution in [0.3, 0.4) is 0 Å². The largest absolute Gasteiger partial charge is 0.487 e. The van der Waals surface area contributed by atoms with E-state index in [9.17, 15) is 10.2 Å². The van der Waals surface area contributed by atoms with E-state index in [1.54, 1.807) is 6.92 Å². The Morgan fingerprint density at radius 1 is 0.675 bits per heavy atom.